The molecule has 6 heteroatoms. The molecule has 0 unspecified atom stereocenters. The van der Waals surface area contributed by atoms with Gasteiger partial charge in [-0.3, -0.25) is 9.69 Å². The summed E-state index contributed by atoms with van der Waals surface area (Å²) in [6.07, 6.45) is -2.30. The second kappa shape index (κ2) is 5.33. The van der Waals surface area contributed by atoms with Gasteiger partial charge in [-0.25, -0.2) is 0 Å². The first-order valence-corrected chi connectivity index (χ1v) is 7.12. The first kappa shape index (κ1) is 14.4. The number of rotatable bonds is 2. The lowest BCUT2D eigenvalue weighted by molar-refractivity contribution is -0.209. The summed E-state index contributed by atoms with van der Waals surface area (Å²) in [6.45, 7) is 0.586. The van der Waals surface area contributed by atoms with Gasteiger partial charge < -0.3 is 4.90 Å². The van der Waals surface area contributed by atoms with Crippen LogP contribution in [0.2, 0.25) is 0 Å². The van der Waals surface area contributed by atoms with Gasteiger partial charge in [-0.15, -0.1) is 0 Å². The van der Waals surface area contributed by atoms with Gasteiger partial charge in [0.25, 0.3) is 0 Å². The van der Waals surface area contributed by atoms with E-state index in [9.17, 15) is 18.0 Å². The molecular formula is C15H17F3N2O. The van der Waals surface area contributed by atoms with Gasteiger partial charge in [0.05, 0.1) is 12.5 Å². The van der Waals surface area contributed by atoms with Crippen molar-refractivity contribution in [3.8, 4) is 0 Å². The van der Waals surface area contributed by atoms with Crippen molar-refractivity contribution in [2.75, 3.05) is 31.1 Å². The summed E-state index contributed by atoms with van der Waals surface area (Å²) < 4.78 is 37.3. The number of halogens is 3. The molecule has 2 heterocycles. The van der Waals surface area contributed by atoms with E-state index in [1.807, 2.05) is 24.3 Å². The number of nitrogens with zero attached hydrogens (tertiary/aromatic N) is 2. The largest absolute Gasteiger partial charge is 0.394 e. The summed E-state index contributed by atoms with van der Waals surface area (Å²) in [5.74, 6) is -1.39. The minimum absolute atomic E-state index is 0.0648. The van der Waals surface area contributed by atoms with Gasteiger partial charge in [-0.2, -0.15) is 13.2 Å². The van der Waals surface area contributed by atoms with Crippen LogP contribution in [-0.2, 0) is 11.2 Å². The number of carbonyl (C=O) groups is 1. The number of carbonyl (C=O) groups excluding carboxylic acids is 1. The molecule has 0 radical (unpaired) electrons. The van der Waals surface area contributed by atoms with E-state index in [4.69, 9.17) is 0 Å². The maximum absolute atomic E-state index is 12.4. The summed E-state index contributed by atoms with van der Waals surface area (Å²) in [5, 5.41) is 0. The maximum atomic E-state index is 12.4. The van der Waals surface area contributed by atoms with Gasteiger partial charge in [0, 0.05) is 25.3 Å². The van der Waals surface area contributed by atoms with Gasteiger partial charge >= 0.3 is 6.18 Å². The summed E-state index contributed by atoms with van der Waals surface area (Å²) in [6, 6.07) is 7.73. The zero-order valence-electron chi connectivity index (χ0n) is 11.6. The molecule has 0 bridgehead atoms. The van der Waals surface area contributed by atoms with Gasteiger partial charge in [-0.1, -0.05) is 18.2 Å². The Balaban J connectivity index is 1.61. The predicted octanol–water partition coefficient (Wildman–Crippen LogP) is 2.46. The molecule has 0 aliphatic carbocycles. The van der Waals surface area contributed by atoms with E-state index in [0.717, 1.165) is 24.1 Å². The molecule has 0 N–H and O–H groups in total. The molecule has 114 valence electrons. The molecule has 0 saturated carbocycles. The van der Waals surface area contributed by atoms with Crippen molar-refractivity contribution >= 4 is 11.6 Å². The second-order valence-corrected chi connectivity index (χ2v) is 5.71. The maximum Gasteiger partial charge on any atom is 0.394 e. The van der Waals surface area contributed by atoms with E-state index < -0.39 is 12.1 Å². The lowest BCUT2D eigenvalue weighted by Gasteiger charge is -2.41. The summed E-state index contributed by atoms with van der Waals surface area (Å²) in [7, 11) is 0. The Hall–Kier alpha value is -1.56. The quantitative estimate of drug-likeness (QED) is 0.837. The second-order valence-electron chi connectivity index (χ2n) is 5.71. The molecule has 0 spiro atoms. The number of hydrogen-bond acceptors (Lipinski definition) is 2. The molecular weight excluding hydrogens is 281 g/mol. The number of hydrogen-bond donors (Lipinski definition) is 0. The van der Waals surface area contributed by atoms with Crippen molar-refractivity contribution in [3.05, 3.63) is 29.8 Å². The van der Waals surface area contributed by atoms with Crippen LogP contribution >= 0.6 is 0 Å². The van der Waals surface area contributed by atoms with Gasteiger partial charge in [0.15, 0.2) is 0 Å². The molecule has 1 saturated heterocycles. The molecule has 0 atom stereocenters. The average Bonchev–Trinajstić information content (AvgIpc) is 2.40. The molecule has 0 aromatic heterocycles. The van der Waals surface area contributed by atoms with Crippen LogP contribution in [0.25, 0.3) is 0 Å². The fourth-order valence-corrected chi connectivity index (χ4v) is 2.98. The van der Waals surface area contributed by atoms with Crippen molar-refractivity contribution in [1.82, 2.24) is 4.90 Å². The zero-order chi connectivity index (χ0) is 15.0. The Labute approximate surface area is 121 Å². The minimum Gasteiger partial charge on any atom is -0.311 e. The Morgan fingerprint density at radius 1 is 1.24 bits per heavy atom. The van der Waals surface area contributed by atoms with Gasteiger partial charge in [0.1, 0.15) is 0 Å². The molecule has 21 heavy (non-hydrogen) atoms. The Bertz CT molecular complexity index is 538. The van der Waals surface area contributed by atoms with E-state index in [2.05, 4.69) is 0 Å². The Morgan fingerprint density at radius 3 is 2.67 bits per heavy atom. The lowest BCUT2D eigenvalue weighted by Crippen LogP contribution is -2.56. The molecule has 3 nitrogen and oxygen atoms in total. The number of aryl methyl sites for hydroxylation is 1. The van der Waals surface area contributed by atoms with E-state index >= 15 is 0 Å². The standard InChI is InChI=1S/C15H17F3N2O/c16-15(17,18)12-8-19(9-12)10-14(21)20-7-3-5-11-4-1-2-6-13(11)20/h1-2,4,6,12H,3,5,7-10H2. The van der Waals surface area contributed by atoms with Crippen LogP contribution < -0.4 is 4.90 Å². The van der Waals surface area contributed by atoms with Gasteiger partial charge in [-0.05, 0) is 24.5 Å². The summed E-state index contributed by atoms with van der Waals surface area (Å²) >= 11 is 0. The molecule has 2 aliphatic heterocycles. The number of anilines is 1. The van der Waals surface area contributed by atoms with Crippen molar-refractivity contribution in [2.24, 2.45) is 5.92 Å². The first-order chi connectivity index (χ1) is 9.95. The number of para-hydroxylation sites is 1. The summed E-state index contributed by atoms with van der Waals surface area (Å²) in [4.78, 5) is 15.6. The number of amides is 1. The van der Waals surface area contributed by atoms with E-state index in [0.29, 0.717) is 6.54 Å². The highest BCUT2D eigenvalue weighted by atomic mass is 19.4. The third-order valence-electron chi connectivity index (χ3n) is 4.19. The van der Waals surface area contributed by atoms with Crippen LogP contribution in [0.1, 0.15) is 12.0 Å². The molecule has 1 fully saturated rings. The van der Waals surface area contributed by atoms with Gasteiger partial charge in [0.2, 0.25) is 5.91 Å². The SMILES string of the molecule is O=C(CN1CC(C(F)(F)F)C1)N1CCCc2ccccc21. The van der Waals surface area contributed by atoms with E-state index in [1.165, 1.54) is 0 Å². The molecule has 2 aliphatic rings. The normalized spacial score (nSPS) is 20.0. The highest BCUT2D eigenvalue weighted by molar-refractivity contribution is 5.96. The molecule has 1 amide bonds. The number of likely N-dealkylation sites (tertiary alicyclic amines) is 1. The highest BCUT2D eigenvalue weighted by Crippen LogP contribution is 2.33. The monoisotopic (exact) mass is 298 g/mol. The highest BCUT2D eigenvalue weighted by Gasteiger charge is 2.47. The molecule has 1 aromatic rings. The van der Waals surface area contributed by atoms with Crippen LogP contribution in [0.15, 0.2) is 24.3 Å². The zero-order valence-corrected chi connectivity index (χ0v) is 11.6. The number of alkyl halides is 3. The first-order valence-electron chi connectivity index (χ1n) is 7.12. The smallest absolute Gasteiger partial charge is 0.311 e. The van der Waals surface area contributed by atoms with Crippen LogP contribution in [0.5, 0.6) is 0 Å². The predicted molar refractivity (Wildman–Crippen MR) is 73.1 cm³/mol. The third kappa shape index (κ3) is 2.90. The molecule has 1 aromatic carbocycles. The van der Waals surface area contributed by atoms with Crippen molar-refractivity contribution in [1.29, 1.82) is 0 Å². The Kier molecular flexibility index (Phi) is 3.65. The third-order valence-corrected chi connectivity index (χ3v) is 4.19. The van der Waals surface area contributed by atoms with Crippen LogP contribution in [0.3, 0.4) is 0 Å². The molecule has 3 rings (SSSR count). The van der Waals surface area contributed by atoms with Crippen molar-refractivity contribution in [3.63, 3.8) is 0 Å². The summed E-state index contributed by atoms with van der Waals surface area (Å²) in [5.41, 5.74) is 2.04. The van der Waals surface area contributed by atoms with E-state index in [1.54, 1.807) is 9.80 Å². The fraction of sp³-hybridized carbons (Fsp3) is 0.533. The number of fused-ring (bicyclic) bond motifs is 1. The van der Waals surface area contributed by atoms with Crippen molar-refractivity contribution in [2.45, 2.75) is 19.0 Å². The van der Waals surface area contributed by atoms with Crippen LogP contribution in [0, 0.1) is 5.92 Å². The fourth-order valence-electron chi connectivity index (χ4n) is 2.98. The lowest BCUT2D eigenvalue weighted by atomic mass is 9.99. The average molecular weight is 298 g/mol. The minimum atomic E-state index is -4.14. The van der Waals surface area contributed by atoms with E-state index in [-0.39, 0.29) is 25.5 Å². The number of benzene rings is 1. The van der Waals surface area contributed by atoms with Crippen LogP contribution in [-0.4, -0.2) is 43.2 Å². The Morgan fingerprint density at radius 2 is 1.95 bits per heavy atom. The van der Waals surface area contributed by atoms with Crippen molar-refractivity contribution < 1.29 is 18.0 Å². The topological polar surface area (TPSA) is 23.6 Å². The van der Waals surface area contributed by atoms with Crippen LogP contribution in [0.4, 0.5) is 18.9 Å².